The van der Waals surface area contributed by atoms with Crippen LogP contribution in [0.4, 0.5) is 5.69 Å². The molecule has 4 heteroatoms. The molecule has 2 N–H and O–H groups in total. The van der Waals surface area contributed by atoms with Crippen molar-refractivity contribution in [2.75, 3.05) is 11.5 Å². The normalized spacial score (nSPS) is 10.7. The van der Waals surface area contributed by atoms with E-state index in [1.807, 2.05) is 41.8 Å². The van der Waals surface area contributed by atoms with Crippen LogP contribution in [0.1, 0.15) is 11.1 Å². The Morgan fingerprint density at radius 1 is 1.41 bits per heavy atom. The average Bonchev–Trinajstić information content (AvgIpc) is 2.70. The first-order valence-corrected chi connectivity index (χ1v) is 6.61. The fraction of sp³-hybridized carbons (Fsp3) is 0.308. The van der Waals surface area contributed by atoms with Crippen LogP contribution in [-0.2, 0) is 13.5 Å². The zero-order chi connectivity index (χ0) is 12.3. The quantitative estimate of drug-likeness (QED) is 0.667. The van der Waals surface area contributed by atoms with E-state index in [9.17, 15) is 0 Å². The van der Waals surface area contributed by atoms with Crippen molar-refractivity contribution in [3.8, 4) is 0 Å². The van der Waals surface area contributed by atoms with Crippen molar-refractivity contribution in [1.82, 2.24) is 9.78 Å². The molecule has 0 aliphatic carbocycles. The van der Waals surface area contributed by atoms with Gasteiger partial charge in [-0.1, -0.05) is 6.07 Å². The number of anilines is 1. The molecule has 0 saturated carbocycles. The molecule has 1 aromatic heterocycles. The van der Waals surface area contributed by atoms with Crippen molar-refractivity contribution >= 4 is 17.4 Å². The molecule has 1 aromatic carbocycles. The van der Waals surface area contributed by atoms with Gasteiger partial charge in [-0.3, -0.25) is 4.68 Å². The minimum Gasteiger partial charge on any atom is -0.398 e. The molecule has 0 unspecified atom stereocenters. The summed E-state index contributed by atoms with van der Waals surface area (Å²) in [5.74, 6) is 1.05. The highest BCUT2D eigenvalue weighted by Gasteiger charge is 2.02. The lowest BCUT2D eigenvalue weighted by Crippen LogP contribution is -1.92. The van der Waals surface area contributed by atoms with Crippen LogP contribution in [0.3, 0.4) is 0 Å². The van der Waals surface area contributed by atoms with Gasteiger partial charge in [-0.25, -0.2) is 0 Å². The Kier molecular flexibility index (Phi) is 3.74. The maximum Gasteiger partial charge on any atom is 0.0521 e. The zero-order valence-electron chi connectivity index (χ0n) is 10.2. The number of nitrogens with zero attached hydrogens (tertiary/aromatic N) is 2. The van der Waals surface area contributed by atoms with E-state index in [1.165, 1.54) is 16.0 Å². The summed E-state index contributed by atoms with van der Waals surface area (Å²) in [7, 11) is 1.94. The van der Waals surface area contributed by atoms with Crippen LogP contribution in [0.2, 0.25) is 0 Å². The molecule has 2 aromatic rings. The first kappa shape index (κ1) is 12.0. The van der Waals surface area contributed by atoms with E-state index in [-0.39, 0.29) is 0 Å². The summed E-state index contributed by atoms with van der Waals surface area (Å²) in [5, 5.41) is 4.16. The van der Waals surface area contributed by atoms with Crippen molar-refractivity contribution in [1.29, 1.82) is 0 Å². The van der Waals surface area contributed by atoms with Crippen molar-refractivity contribution < 1.29 is 0 Å². The van der Waals surface area contributed by atoms with Gasteiger partial charge in [0.05, 0.1) is 6.20 Å². The fourth-order valence-corrected chi connectivity index (χ4v) is 2.73. The van der Waals surface area contributed by atoms with Crippen LogP contribution >= 0.6 is 11.8 Å². The predicted molar refractivity (Wildman–Crippen MR) is 73.2 cm³/mol. The summed E-state index contributed by atoms with van der Waals surface area (Å²) < 4.78 is 1.84. The van der Waals surface area contributed by atoms with E-state index in [0.29, 0.717) is 0 Å². The number of hydrogen-bond donors (Lipinski definition) is 1. The molecular weight excluding hydrogens is 230 g/mol. The first-order chi connectivity index (χ1) is 8.16. The second-order valence-corrected chi connectivity index (χ2v) is 5.23. The Balaban J connectivity index is 1.92. The largest absolute Gasteiger partial charge is 0.398 e. The molecule has 0 fully saturated rings. The van der Waals surface area contributed by atoms with Gasteiger partial charge in [-0.05, 0) is 36.6 Å². The standard InChI is InChI=1S/C13H17N3S/c1-10-12(14)4-3-5-13(10)17-7-6-11-8-15-16(2)9-11/h3-5,8-9H,6-7,14H2,1-2H3. The molecule has 0 saturated heterocycles. The number of aryl methyl sites for hydroxylation is 2. The van der Waals surface area contributed by atoms with E-state index in [1.54, 1.807) is 0 Å². The minimum absolute atomic E-state index is 0.872. The van der Waals surface area contributed by atoms with Crippen molar-refractivity contribution in [3.63, 3.8) is 0 Å². The topological polar surface area (TPSA) is 43.8 Å². The van der Waals surface area contributed by atoms with Gasteiger partial charge >= 0.3 is 0 Å². The summed E-state index contributed by atoms with van der Waals surface area (Å²) in [6.45, 7) is 2.07. The highest BCUT2D eigenvalue weighted by atomic mass is 32.2. The summed E-state index contributed by atoms with van der Waals surface area (Å²) in [6, 6.07) is 6.08. The van der Waals surface area contributed by atoms with E-state index < -0.39 is 0 Å². The maximum absolute atomic E-state index is 5.88. The second-order valence-electron chi connectivity index (χ2n) is 4.09. The second kappa shape index (κ2) is 5.27. The van der Waals surface area contributed by atoms with Gasteiger partial charge in [-0.2, -0.15) is 5.10 Å². The zero-order valence-corrected chi connectivity index (χ0v) is 11.0. The molecule has 0 spiro atoms. The number of hydrogen-bond acceptors (Lipinski definition) is 3. The third-order valence-corrected chi connectivity index (χ3v) is 3.89. The number of aromatic nitrogens is 2. The Hall–Kier alpha value is -1.42. The fourth-order valence-electron chi connectivity index (χ4n) is 1.67. The van der Waals surface area contributed by atoms with Crippen LogP contribution in [-0.4, -0.2) is 15.5 Å². The SMILES string of the molecule is Cc1c(N)cccc1SCCc1cnn(C)c1. The number of thioether (sulfide) groups is 1. The van der Waals surface area contributed by atoms with Crippen LogP contribution in [0.25, 0.3) is 0 Å². The van der Waals surface area contributed by atoms with Gasteiger partial charge in [0, 0.05) is 29.6 Å². The van der Waals surface area contributed by atoms with Gasteiger partial charge < -0.3 is 5.73 Å². The van der Waals surface area contributed by atoms with Gasteiger partial charge in [0.25, 0.3) is 0 Å². The Morgan fingerprint density at radius 3 is 2.94 bits per heavy atom. The molecule has 3 nitrogen and oxygen atoms in total. The minimum atomic E-state index is 0.872. The Morgan fingerprint density at radius 2 is 2.24 bits per heavy atom. The number of rotatable bonds is 4. The molecule has 2 rings (SSSR count). The van der Waals surface area contributed by atoms with Crippen LogP contribution in [0.15, 0.2) is 35.5 Å². The summed E-state index contributed by atoms with van der Waals surface area (Å²) >= 11 is 1.85. The first-order valence-electron chi connectivity index (χ1n) is 5.62. The Labute approximate surface area is 106 Å². The molecule has 1 heterocycles. The molecular formula is C13H17N3S. The third-order valence-electron chi connectivity index (χ3n) is 2.73. The summed E-state index contributed by atoms with van der Waals surface area (Å²) in [4.78, 5) is 1.27. The highest BCUT2D eigenvalue weighted by molar-refractivity contribution is 7.99. The molecule has 0 radical (unpaired) electrons. The lowest BCUT2D eigenvalue weighted by Gasteiger charge is -2.07. The lowest BCUT2D eigenvalue weighted by atomic mass is 10.2. The van der Waals surface area contributed by atoms with Crippen molar-refractivity contribution in [3.05, 3.63) is 41.7 Å². The van der Waals surface area contributed by atoms with Crippen molar-refractivity contribution in [2.24, 2.45) is 7.05 Å². The van der Waals surface area contributed by atoms with Crippen LogP contribution in [0.5, 0.6) is 0 Å². The molecule has 0 aliphatic heterocycles. The van der Waals surface area contributed by atoms with Gasteiger partial charge in [-0.15, -0.1) is 11.8 Å². The van der Waals surface area contributed by atoms with E-state index in [4.69, 9.17) is 5.73 Å². The third kappa shape index (κ3) is 3.03. The monoisotopic (exact) mass is 247 g/mol. The molecule has 0 bridgehead atoms. The van der Waals surface area contributed by atoms with Gasteiger partial charge in [0.2, 0.25) is 0 Å². The molecule has 0 aliphatic rings. The molecule has 0 atom stereocenters. The van der Waals surface area contributed by atoms with Crippen molar-refractivity contribution in [2.45, 2.75) is 18.2 Å². The number of nitrogen functional groups attached to an aromatic ring is 1. The molecule has 0 amide bonds. The van der Waals surface area contributed by atoms with Crippen LogP contribution in [0, 0.1) is 6.92 Å². The van der Waals surface area contributed by atoms with E-state index >= 15 is 0 Å². The van der Waals surface area contributed by atoms with E-state index in [0.717, 1.165) is 17.9 Å². The van der Waals surface area contributed by atoms with Crippen LogP contribution < -0.4 is 5.73 Å². The smallest absolute Gasteiger partial charge is 0.0521 e. The summed E-state index contributed by atoms with van der Waals surface area (Å²) in [6.07, 6.45) is 5.02. The predicted octanol–water partition coefficient (Wildman–Crippen LogP) is 2.65. The average molecular weight is 247 g/mol. The molecule has 90 valence electrons. The molecule has 17 heavy (non-hydrogen) atoms. The maximum atomic E-state index is 5.88. The number of benzene rings is 1. The highest BCUT2D eigenvalue weighted by Crippen LogP contribution is 2.26. The summed E-state index contributed by atoms with van der Waals surface area (Å²) in [5.41, 5.74) is 9.21. The lowest BCUT2D eigenvalue weighted by molar-refractivity contribution is 0.767. The Bertz CT molecular complexity index is 505. The van der Waals surface area contributed by atoms with Gasteiger partial charge in [0.15, 0.2) is 0 Å². The van der Waals surface area contributed by atoms with E-state index in [2.05, 4.69) is 24.3 Å². The van der Waals surface area contributed by atoms with Gasteiger partial charge in [0.1, 0.15) is 0 Å². The number of nitrogens with two attached hydrogens (primary N) is 1.